The standard InChI is InChI=1S/C26H18N4O2S/c31-25-19-10-4-6-12-21(19)27-23(17-8-2-1-3-9-17)29(25)30-24(18-14-15-33-16-18)28-22-13-7-5-11-20(22)26(30)32/h1-16,24,28H. The molecule has 3 aromatic carbocycles. The van der Waals surface area contributed by atoms with Crippen LogP contribution in [0, 0.1) is 0 Å². The van der Waals surface area contributed by atoms with Crippen molar-refractivity contribution in [1.29, 1.82) is 0 Å². The van der Waals surface area contributed by atoms with Crippen molar-refractivity contribution in [2.75, 3.05) is 10.3 Å². The number of carbonyl (C=O) groups is 1. The number of carbonyl (C=O) groups excluding carboxylic acids is 1. The van der Waals surface area contributed by atoms with Crippen molar-refractivity contribution >= 4 is 33.8 Å². The normalized spacial score (nSPS) is 15.3. The fourth-order valence-corrected chi connectivity index (χ4v) is 4.88. The molecule has 0 bridgehead atoms. The highest BCUT2D eigenvalue weighted by Crippen LogP contribution is 2.34. The van der Waals surface area contributed by atoms with Crippen LogP contribution in [0.25, 0.3) is 22.3 Å². The first kappa shape index (κ1) is 19.5. The minimum Gasteiger partial charge on any atom is -0.359 e. The van der Waals surface area contributed by atoms with Crippen LogP contribution in [-0.2, 0) is 0 Å². The topological polar surface area (TPSA) is 67.2 Å². The van der Waals surface area contributed by atoms with Crippen LogP contribution in [0.4, 0.5) is 5.69 Å². The van der Waals surface area contributed by atoms with E-state index in [9.17, 15) is 9.59 Å². The second kappa shape index (κ2) is 7.72. The van der Waals surface area contributed by atoms with Crippen molar-refractivity contribution < 1.29 is 4.79 Å². The highest BCUT2D eigenvalue weighted by molar-refractivity contribution is 7.08. The van der Waals surface area contributed by atoms with Crippen molar-refractivity contribution in [3.63, 3.8) is 0 Å². The molecule has 5 aromatic rings. The summed E-state index contributed by atoms with van der Waals surface area (Å²) in [5.41, 5.74) is 3.16. The Balaban J connectivity index is 1.68. The monoisotopic (exact) mass is 450 g/mol. The third-order valence-corrected chi connectivity index (χ3v) is 6.46. The lowest BCUT2D eigenvalue weighted by Gasteiger charge is -2.38. The lowest BCUT2D eigenvalue weighted by molar-refractivity contribution is 0.0940. The molecule has 33 heavy (non-hydrogen) atoms. The summed E-state index contributed by atoms with van der Waals surface area (Å²) in [6, 6.07) is 26.0. The molecule has 6 rings (SSSR count). The molecule has 1 N–H and O–H groups in total. The quantitative estimate of drug-likeness (QED) is 0.419. The molecule has 1 amide bonds. The van der Waals surface area contributed by atoms with E-state index in [1.54, 1.807) is 18.2 Å². The Bertz CT molecular complexity index is 1540. The fourth-order valence-electron chi connectivity index (χ4n) is 4.20. The summed E-state index contributed by atoms with van der Waals surface area (Å²) >= 11 is 1.54. The van der Waals surface area contributed by atoms with Gasteiger partial charge in [0.15, 0.2) is 5.82 Å². The maximum Gasteiger partial charge on any atom is 0.280 e. The molecule has 1 aliphatic rings. The van der Waals surface area contributed by atoms with Crippen molar-refractivity contribution in [2.24, 2.45) is 0 Å². The molecule has 1 atom stereocenters. The first-order valence-electron chi connectivity index (χ1n) is 10.5. The average molecular weight is 451 g/mol. The number of nitrogens with zero attached hydrogens (tertiary/aromatic N) is 3. The number of hydrogen-bond donors (Lipinski definition) is 1. The van der Waals surface area contributed by atoms with E-state index >= 15 is 0 Å². The summed E-state index contributed by atoms with van der Waals surface area (Å²) in [5.74, 6) is 0.144. The first-order chi connectivity index (χ1) is 16.2. The van der Waals surface area contributed by atoms with Gasteiger partial charge in [-0.3, -0.25) is 9.59 Å². The summed E-state index contributed by atoms with van der Waals surface area (Å²) in [5, 5.41) is 9.34. The van der Waals surface area contributed by atoms with Gasteiger partial charge in [-0.2, -0.15) is 16.0 Å². The van der Waals surface area contributed by atoms with Crippen LogP contribution in [0.5, 0.6) is 0 Å². The molecule has 0 saturated heterocycles. The van der Waals surface area contributed by atoms with Gasteiger partial charge in [-0.25, -0.2) is 9.99 Å². The van der Waals surface area contributed by atoms with Crippen LogP contribution in [0.2, 0.25) is 0 Å². The van der Waals surface area contributed by atoms with E-state index in [0.717, 1.165) is 16.8 Å². The molecule has 1 aliphatic heterocycles. The Morgan fingerprint density at radius 1 is 0.848 bits per heavy atom. The number of thiophene rings is 1. The van der Waals surface area contributed by atoms with Gasteiger partial charge in [0.25, 0.3) is 11.5 Å². The molecule has 0 fully saturated rings. The van der Waals surface area contributed by atoms with Gasteiger partial charge in [-0.15, -0.1) is 0 Å². The van der Waals surface area contributed by atoms with Gasteiger partial charge >= 0.3 is 0 Å². The largest absolute Gasteiger partial charge is 0.359 e. The Hall–Kier alpha value is -4.23. The van der Waals surface area contributed by atoms with E-state index in [1.165, 1.54) is 21.0 Å². The zero-order valence-corrected chi connectivity index (χ0v) is 18.2. The third kappa shape index (κ3) is 3.13. The maximum atomic E-state index is 13.9. The summed E-state index contributed by atoms with van der Waals surface area (Å²) in [6.45, 7) is 0. The second-order valence-electron chi connectivity index (χ2n) is 7.73. The second-order valence-corrected chi connectivity index (χ2v) is 8.51. The van der Waals surface area contributed by atoms with E-state index in [-0.39, 0.29) is 11.5 Å². The molecule has 160 valence electrons. The van der Waals surface area contributed by atoms with E-state index in [4.69, 9.17) is 4.98 Å². The van der Waals surface area contributed by atoms with Gasteiger partial charge in [-0.1, -0.05) is 54.6 Å². The minimum atomic E-state index is -0.568. The Labute approximate surface area is 193 Å². The number of anilines is 1. The lowest BCUT2D eigenvalue weighted by Crippen LogP contribution is -2.54. The van der Waals surface area contributed by atoms with Gasteiger partial charge in [0, 0.05) is 16.8 Å². The van der Waals surface area contributed by atoms with Crippen LogP contribution >= 0.6 is 11.3 Å². The molecule has 0 aliphatic carbocycles. The summed E-state index contributed by atoms with van der Waals surface area (Å²) in [7, 11) is 0. The van der Waals surface area contributed by atoms with Gasteiger partial charge < -0.3 is 5.32 Å². The van der Waals surface area contributed by atoms with Crippen LogP contribution in [0.1, 0.15) is 22.1 Å². The predicted octanol–water partition coefficient (Wildman–Crippen LogP) is 5.03. The van der Waals surface area contributed by atoms with Crippen molar-refractivity contribution in [3.8, 4) is 11.4 Å². The highest BCUT2D eigenvalue weighted by atomic mass is 32.1. The molecule has 1 unspecified atom stereocenters. The summed E-state index contributed by atoms with van der Waals surface area (Å²) in [4.78, 5) is 32.6. The summed E-state index contributed by atoms with van der Waals surface area (Å²) < 4.78 is 1.42. The molecule has 3 heterocycles. The molecule has 0 saturated carbocycles. The smallest absolute Gasteiger partial charge is 0.280 e. The lowest BCUT2D eigenvalue weighted by atomic mass is 10.1. The first-order valence-corrected chi connectivity index (χ1v) is 11.5. The SMILES string of the molecule is O=C1c2ccccc2NC(c2ccsc2)N1n1c(-c2ccccc2)nc2ccccc2c1=O. The van der Waals surface area contributed by atoms with Gasteiger partial charge in [0.05, 0.1) is 16.5 Å². The number of amides is 1. The van der Waals surface area contributed by atoms with Crippen LogP contribution in [0.15, 0.2) is 100 Å². The number of hydrogen-bond acceptors (Lipinski definition) is 5. The van der Waals surface area contributed by atoms with E-state index in [2.05, 4.69) is 5.32 Å². The molecule has 7 heteroatoms. The van der Waals surface area contributed by atoms with Gasteiger partial charge in [-0.05, 0) is 41.1 Å². The van der Waals surface area contributed by atoms with Gasteiger partial charge in [0.1, 0.15) is 6.17 Å². The molecule has 2 aromatic heterocycles. The number of para-hydroxylation sites is 2. The van der Waals surface area contributed by atoms with Crippen molar-refractivity contribution in [3.05, 3.63) is 117 Å². The van der Waals surface area contributed by atoms with Crippen LogP contribution < -0.4 is 15.9 Å². The zero-order valence-electron chi connectivity index (χ0n) is 17.4. The van der Waals surface area contributed by atoms with E-state index < -0.39 is 6.17 Å². The number of nitrogens with one attached hydrogen (secondary N) is 1. The maximum absolute atomic E-state index is 13.9. The molecule has 6 nitrogen and oxygen atoms in total. The number of benzene rings is 3. The average Bonchev–Trinajstić information content (AvgIpc) is 3.40. The van der Waals surface area contributed by atoms with Crippen LogP contribution in [0.3, 0.4) is 0 Å². The number of fused-ring (bicyclic) bond motifs is 2. The van der Waals surface area contributed by atoms with Crippen molar-refractivity contribution in [2.45, 2.75) is 6.17 Å². The van der Waals surface area contributed by atoms with E-state index in [1.807, 2.05) is 77.5 Å². The molecule has 0 radical (unpaired) electrons. The molecular formula is C26H18N4O2S. The zero-order chi connectivity index (χ0) is 22.4. The Kier molecular flexibility index (Phi) is 4.55. The highest BCUT2D eigenvalue weighted by Gasteiger charge is 2.37. The fraction of sp³-hybridized carbons (Fsp3) is 0.0385. The Morgan fingerprint density at radius 2 is 1.61 bits per heavy atom. The van der Waals surface area contributed by atoms with Crippen molar-refractivity contribution in [1.82, 2.24) is 9.66 Å². The Morgan fingerprint density at radius 3 is 2.42 bits per heavy atom. The molecule has 0 spiro atoms. The number of rotatable bonds is 3. The number of aromatic nitrogens is 2. The minimum absolute atomic E-state index is 0.267. The van der Waals surface area contributed by atoms with Crippen LogP contribution in [-0.4, -0.2) is 15.6 Å². The van der Waals surface area contributed by atoms with Gasteiger partial charge in [0.2, 0.25) is 0 Å². The third-order valence-electron chi connectivity index (χ3n) is 5.76. The summed E-state index contributed by atoms with van der Waals surface area (Å²) in [6.07, 6.45) is -0.568. The van der Waals surface area contributed by atoms with E-state index in [0.29, 0.717) is 22.3 Å². The predicted molar refractivity (Wildman–Crippen MR) is 131 cm³/mol. The molecular weight excluding hydrogens is 432 g/mol.